The number of rotatable bonds is 0. The van der Waals surface area contributed by atoms with Gasteiger partial charge in [-0.2, -0.15) is 0 Å². The molecule has 0 aromatic carbocycles. The van der Waals surface area contributed by atoms with E-state index in [0.29, 0.717) is 0 Å². The van der Waals surface area contributed by atoms with Crippen molar-refractivity contribution in [3.8, 4) is 0 Å². The van der Waals surface area contributed by atoms with Crippen LogP contribution in [0.4, 0.5) is 0 Å². The first kappa shape index (κ1) is 6.33. The molecule has 45 valence electrons. The van der Waals surface area contributed by atoms with E-state index in [1.54, 1.807) is 0 Å². The Bertz CT molecular complexity index is 155. The SMILES string of the molecule is O=C1C=CC(=O)[O][Al][O]1. The summed E-state index contributed by atoms with van der Waals surface area (Å²) in [4.78, 5) is 20.6. The average molecular weight is 141 g/mol. The van der Waals surface area contributed by atoms with Crippen molar-refractivity contribution in [2.24, 2.45) is 0 Å². The van der Waals surface area contributed by atoms with Crippen molar-refractivity contribution in [1.82, 2.24) is 0 Å². The number of carbonyl (C=O) groups excluding carboxylic acids is 2. The maximum Gasteiger partial charge on any atom is 0.886 e. The van der Waals surface area contributed by atoms with Gasteiger partial charge in [-0.05, 0) is 0 Å². The van der Waals surface area contributed by atoms with Crippen LogP contribution in [0.3, 0.4) is 0 Å². The predicted molar refractivity (Wildman–Crippen MR) is 27.1 cm³/mol. The smallest absolute Gasteiger partial charge is 0.586 e. The molecule has 0 aromatic heterocycles. The third kappa shape index (κ3) is 1.88. The van der Waals surface area contributed by atoms with E-state index in [1.807, 2.05) is 0 Å². The standard InChI is InChI=1S/C4H4O4.Al/c5-3(6)1-2-4(7)8;/h1-2H,(H,5,6)(H,7,8);/q;+2/p-2. The first-order chi connectivity index (χ1) is 4.29. The molecule has 0 spiro atoms. The van der Waals surface area contributed by atoms with Crippen molar-refractivity contribution in [1.29, 1.82) is 0 Å². The highest BCUT2D eigenvalue weighted by Crippen LogP contribution is 1.89. The highest BCUT2D eigenvalue weighted by molar-refractivity contribution is 6.28. The lowest BCUT2D eigenvalue weighted by Gasteiger charge is -1.93. The van der Waals surface area contributed by atoms with E-state index in [9.17, 15) is 9.59 Å². The molecular formula is C4H2AlO4. The second kappa shape index (κ2) is 2.67. The Morgan fingerprint density at radius 1 is 1.11 bits per heavy atom. The van der Waals surface area contributed by atoms with Crippen LogP contribution in [0.15, 0.2) is 12.2 Å². The van der Waals surface area contributed by atoms with E-state index in [2.05, 4.69) is 7.58 Å². The summed E-state index contributed by atoms with van der Waals surface area (Å²) in [6.45, 7) is 0. The van der Waals surface area contributed by atoms with E-state index in [-0.39, 0.29) is 0 Å². The second-order valence-electron chi connectivity index (χ2n) is 1.30. The van der Waals surface area contributed by atoms with Gasteiger partial charge in [0.05, 0.1) is 0 Å². The van der Waals surface area contributed by atoms with Crippen LogP contribution in [0.2, 0.25) is 0 Å². The molecule has 1 aliphatic rings. The number of hydrogen-bond donors (Lipinski definition) is 0. The molecule has 0 saturated heterocycles. The normalized spacial score (nSPS) is 17.3. The number of hydrogen-bond acceptors (Lipinski definition) is 4. The molecule has 0 saturated carbocycles. The minimum atomic E-state index is -0.944. The second-order valence-corrected chi connectivity index (χ2v) is 1.97. The Balaban J connectivity index is 2.63. The minimum Gasteiger partial charge on any atom is -0.586 e. The zero-order valence-corrected chi connectivity index (χ0v) is 5.52. The fourth-order valence-corrected chi connectivity index (χ4v) is 0.728. The van der Waals surface area contributed by atoms with Crippen LogP contribution < -0.4 is 0 Å². The molecular weight excluding hydrogens is 139 g/mol. The summed E-state index contributed by atoms with van der Waals surface area (Å²) in [5, 5.41) is 0. The summed E-state index contributed by atoms with van der Waals surface area (Å²) in [5.41, 5.74) is 0. The number of carbonyl (C=O) groups is 2. The van der Waals surface area contributed by atoms with Gasteiger partial charge in [-0.1, -0.05) is 0 Å². The lowest BCUT2D eigenvalue weighted by molar-refractivity contribution is -0.131. The van der Waals surface area contributed by atoms with Crippen molar-refractivity contribution >= 4 is 27.8 Å². The molecule has 4 nitrogen and oxygen atoms in total. The first-order valence-corrected chi connectivity index (χ1v) is 3.14. The van der Waals surface area contributed by atoms with Crippen LogP contribution in [0.5, 0.6) is 0 Å². The van der Waals surface area contributed by atoms with Gasteiger partial charge in [0.25, 0.3) is 11.9 Å². The molecule has 0 atom stereocenters. The minimum absolute atomic E-state index is 0.518. The summed E-state index contributed by atoms with van der Waals surface area (Å²) in [7, 11) is 0. The highest BCUT2D eigenvalue weighted by atomic mass is 27.2. The predicted octanol–water partition coefficient (Wildman–Crippen LogP) is -0.823. The van der Waals surface area contributed by atoms with Gasteiger partial charge in [0.15, 0.2) is 0 Å². The Hall–Kier alpha value is -0.788. The van der Waals surface area contributed by atoms with E-state index >= 15 is 0 Å². The fraction of sp³-hybridized carbons (Fsp3) is 0. The van der Waals surface area contributed by atoms with E-state index < -0.39 is 27.8 Å². The van der Waals surface area contributed by atoms with Crippen LogP contribution in [0.25, 0.3) is 0 Å². The Kier molecular flexibility index (Phi) is 1.88. The third-order valence-electron chi connectivity index (χ3n) is 0.684. The van der Waals surface area contributed by atoms with Gasteiger partial charge in [-0.15, -0.1) is 0 Å². The van der Waals surface area contributed by atoms with Gasteiger partial charge in [0, 0.05) is 12.2 Å². The summed E-state index contributed by atoms with van der Waals surface area (Å²) in [6.07, 6.45) is 2.09. The summed E-state index contributed by atoms with van der Waals surface area (Å²) in [6, 6.07) is 0. The molecule has 1 heterocycles. The lowest BCUT2D eigenvalue weighted by atomic mass is 10.5. The van der Waals surface area contributed by atoms with Gasteiger partial charge in [-0.25, -0.2) is 0 Å². The summed E-state index contributed by atoms with van der Waals surface area (Å²) >= 11 is -0.944. The molecule has 0 bridgehead atoms. The van der Waals surface area contributed by atoms with Gasteiger partial charge in [-0.3, -0.25) is 9.59 Å². The molecule has 5 heteroatoms. The summed E-state index contributed by atoms with van der Waals surface area (Å²) in [5.74, 6) is -1.04. The van der Waals surface area contributed by atoms with Crippen LogP contribution in [0, 0.1) is 0 Å². The Labute approximate surface area is 57.8 Å². The first-order valence-electron chi connectivity index (χ1n) is 2.20. The van der Waals surface area contributed by atoms with Gasteiger partial charge in [0.1, 0.15) is 0 Å². The van der Waals surface area contributed by atoms with Crippen LogP contribution in [-0.2, 0) is 17.2 Å². The van der Waals surface area contributed by atoms with Gasteiger partial charge >= 0.3 is 15.9 Å². The zero-order chi connectivity index (χ0) is 6.69. The fourth-order valence-electron chi connectivity index (χ4n) is 0.334. The molecule has 0 N–H and O–H groups in total. The van der Waals surface area contributed by atoms with Gasteiger partial charge < -0.3 is 7.58 Å². The van der Waals surface area contributed by atoms with Crippen molar-refractivity contribution in [2.75, 3.05) is 0 Å². The molecule has 0 aliphatic carbocycles. The highest BCUT2D eigenvalue weighted by Gasteiger charge is 2.13. The van der Waals surface area contributed by atoms with Crippen LogP contribution in [0.1, 0.15) is 0 Å². The molecule has 0 fully saturated rings. The van der Waals surface area contributed by atoms with Crippen molar-refractivity contribution < 1.29 is 17.2 Å². The molecule has 1 aliphatic heterocycles. The largest absolute Gasteiger partial charge is 0.886 e. The van der Waals surface area contributed by atoms with E-state index in [0.717, 1.165) is 12.2 Å². The van der Waals surface area contributed by atoms with Crippen LogP contribution >= 0.6 is 0 Å². The van der Waals surface area contributed by atoms with Crippen molar-refractivity contribution in [3.05, 3.63) is 12.2 Å². The topological polar surface area (TPSA) is 52.6 Å². The van der Waals surface area contributed by atoms with Crippen molar-refractivity contribution in [3.63, 3.8) is 0 Å². The Morgan fingerprint density at radius 2 is 1.56 bits per heavy atom. The van der Waals surface area contributed by atoms with E-state index in [4.69, 9.17) is 0 Å². The van der Waals surface area contributed by atoms with E-state index in [1.165, 1.54) is 0 Å². The monoisotopic (exact) mass is 141 g/mol. The van der Waals surface area contributed by atoms with Gasteiger partial charge in [0.2, 0.25) is 0 Å². The average Bonchev–Trinajstić information content (AvgIpc) is 1.97. The quantitative estimate of drug-likeness (QED) is 0.413. The summed E-state index contributed by atoms with van der Waals surface area (Å²) < 4.78 is 8.78. The zero-order valence-electron chi connectivity index (χ0n) is 4.37. The van der Waals surface area contributed by atoms with Crippen LogP contribution in [-0.4, -0.2) is 27.8 Å². The molecule has 1 radical (unpaired) electrons. The lowest BCUT2D eigenvalue weighted by Crippen LogP contribution is -2.08. The maximum absolute atomic E-state index is 10.3. The Morgan fingerprint density at radius 3 is 2.00 bits per heavy atom. The molecule has 9 heavy (non-hydrogen) atoms. The van der Waals surface area contributed by atoms with Crippen molar-refractivity contribution in [2.45, 2.75) is 0 Å². The molecule has 0 aromatic rings. The molecule has 0 unspecified atom stereocenters. The molecule has 1 rings (SSSR count). The maximum atomic E-state index is 10.3. The third-order valence-corrected chi connectivity index (χ3v) is 1.34. The molecule has 0 amide bonds.